The van der Waals surface area contributed by atoms with Gasteiger partial charge in [0.05, 0.1) is 6.42 Å². The van der Waals surface area contributed by atoms with Crippen LogP contribution in [0.25, 0.3) is 0 Å². The standard InChI is InChI=1S/C18H28FN3O/c1-2-21-11-13-22(14-12-21)10-4-3-9-20-18(23)15-16-5-7-17(19)8-6-16/h5-8H,2-4,9-15H2,1H3,(H,20,23). The number of carbonyl (C=O) groups excluding carboxylic acids is 1. The molecular formula is C18H28FN3O. The summed E-state index contributed by atoms with van der Waals surface area (Å²) in [5.41, 5.74) is 0.845. The minimum atomic E-state index is -0.270. The Morgan fingerprint density at radius 2 is 1.74 bits per heavy atom. The third-order valence-electron chi connectivity index (χ3n) is 4.41. The van der Waals surface area contributed by atoms with E-state index in [1.807, 2.05) is 0 Å². The Kier molecular flexibility index (Phi) is 7.49. The van der Waals surface area contributed by atoms with E-state index in [9.17, 15) is 9.18 Å². The van der Waals surface area contributed by atoms with Gasteiger partial charge >= 0.3 is 0 Å². The summed E-state index contributed by atoms with van der Waals surface area (Å²) in [4.78, 5) is 16.8. The number of nitrogens with zero attached hydrogens (tertiary/aromatic N) is 2. The summed E-state index contributed by atoms with van der Waals surface area (Å²) < 4.78 is 12.8. The molecule has 0 spiro atoms. The Hall–Kier alpha value is -1.46. The summed E-state index contributed by atoms with van der Waals surface area (Å²) in [6, 6.07) is 6.09. The van der Waals surface area contributed by atoms with Crippen LogP contribution in [-0.2, 0) is 11.2 Å². The summed E-state index contributed by atoms with van der Waals surface area (Å²) in [5.74, 6) is -0.262. The van der Waals surface area contributed by atoms with E-state index in [1.165, 1.54) is 25.2 Å². The third-order valence-corrected chi connectivity index (χ3v) is 4.41. The van der Waals surface area contributed by atoms with E-state index >= 15 is 0 Å². The molecule has 23 heavy (non-hydrogen) atoms. The molecule has 1 aromatic carbocycles. The van der Waals surface area contributed by atoms with Crippen molar-refractivity contribution in [3.05, 3.63) is 35.6 Å². The molecule has 1 N–H and O–H groups in total. The van der Waals surface area contributed by atoms with E-state index in [2.05, 4.69) is 22.0 Å². The van der Waals surface area contributed by atoms with Gasteiger partial charge in [-0.05, 0) is 43.6 Å². The molecule has 1 heterocycles. The molecule has 0 atom stereocenters. The quantitative estimate of drug-likeness (QED) is 0.743. The summed E-state index contributed by atoms with van der Waals surface area (Å²) >= 11 is 0. The number of amides is 1. The summed E-state index contributed by atoms with van der Waals surface area (Å²) in [6.45, 7) is 9.85. The van der Waals surface area contributed by atoms with Crippen LogP contribution >= 0.6 is 0 Å². The molecule has 5 heteroatoms. The first-order valence-corrected chi connectivity index (χ1v) is 8.63. The zero-order valence-corrected chi connectivity index (χ0v) is 14.1. The fraction of sp³-hybridized carbons (Fsp3) is 0.611. The van der Waals surface area contributed by atoms with Gasteiger partial charge in [0, 0.05) is 32.7 Å². The van der Waals surface area contributed by atoms with Crippen molar-refractivity contribution in [3.63, 3.8) is 0 Å². The lowest BCUT2D eigenvalue weighted by Gasteiger charge is -2.33. The summed E-state index contributed by atoms with van der Waals surface area (Å²) in [6.07, 6.45) is 2.44. The van der Waals surface area contributed by atoms with Crippen molar-refractivity contribution in [2.45, 2.75) is 26.2 Å². The number of rotatable bonds is 8. The van der Waals surface area contributed by atoms with Crippen molar-refractivity contribution in [3.8, 4) is 0 Å². The van der Waals surface area contributed by atoms with Crippen LogP contribution in [0.1, 0.15) is 25.3 Å². The van der Waals surface area contributed by atoms with Gasteiger partial charge in [-0.1, -0.05) is 19.1 Å². The van der Waals surface area contributed by atoms with Crippen LogP contribution in [0.15, 0.2) is 24.3 Å². The van der Waals surface area contributed by atoms with Crippen LogP contribution in [0.5, 0.6) is 0 Å². The first-order chi connectivity index (χ1) is 11.2. The maximum absolute atomic E-state index is 12.8. The van der Waals surface area contributed by atoms with E-state index in [-0.39, 0.29) is 11.7 Å². The van der Waals surface area contributed by atoms with Gasteiger partial charge in [0.15, 0.2) is 0 Å². The molecule has 2 rings (SSSR count). The Bertz CT molecular complexity index is 470. The first-order valence-electron chi connectivity index (χ1n) is 8.63. The number of piperazine rings is 1. The zero-order valence-electron chi connectivity index (χ0n) is 14.1. The number of benzene rings is 1. The Morgan fingerprint density at radius 3 is 2.39 bits per heavy atom. The van der Waals surface area contributed by atoms with Gasteiger partial charge < -0.3 is 15.1 Å². The maximum atomic E-state index is 12.8. The van der Waals surface area contributed by atoms with Gasteiger partial charge in [0.25, 0.3) is 0 Å². The van der Waals surface area contributed by atoms with Crippen molar-refractivity contribution >= 4 is 5.91 Å². The Balaban J connectivity index is 1.52. The highest BCUT2D eigenvalue weighted by molar-refractivity contribution is 5.78. The molecule has 128 valence electrons. The summed E-state index contributed by atoms with van der Waals surface area (Å²) in [7, 11) is 0. The molecule has 1 aliphatic rings. The van der Waals surface area contributed by atoms with E-state index in [1.54, 1.807) is 12.1 Å². The van der Waals surface area contributed by atoms with Crippen molar-refractivity contribution in [1.82, 2.24) is 15.1 Å². The van der Waals surface area contributed by atoms with Gasteiger partial charge in [-0.2, -0.15) is 0 Å². The van der Waals surface area contributed by atoms with Gasteiger partial charge in [-0.3, -0.25) is 4.79 Å². The van der Waals surface area contributed by atoms with Crippen LogP contribution in [0.4, 0.5) is 4.39 Å². The number of halogens is 1. The molecule has 0 bridgehead atoms. The molecule has 1 fully saturated rings. The minimum Gasteiger partial charge on any atom is -0.356 e. The number of likely N-dealkylation sites (N-methyl/N-ethyl adjacent to an activating group) is 1. The molecule has 0 aromatic heterocycles. The lowest BCUT2D eigenvalue weighted by Crippen LogP contribution is -2.46. The van der Waals surface area contributed by atoms with Crippen LogP contribution < -0.4 is 5.32 Å². The molecule has 0 aliphatic carbocycles. The van der Waals surface area contributed by atoms with Crippen molar-refractivity contribution in [2.75, 3.05) is 45.8 Å². The molecular weight excluding hydrogens is 293 g/mol. The number of hydrogen-bond donors (Lipinski definition) is 1. The lowest BCUT2D eigenvalue weighted by atomic mass is 10.1. The molecule has 1 aromatic rings. The second kappa shape index (κ2) is 9.63. The molecule has 4 nitrogen and oxygen atoms in total. The fourth-order valence-corrected chi connectivity index (χ4v) is 2.87. The average Bonchev–Trinajstić information content (AvgIpc) is 2.57. The Labute approximate surface area is 138 Å². The molecule has 0 unspecified atom stereocenters. The van der Waals surface area contributed by atoms with Gasteiger partial charge in [-0.25, -0.2) is 4.39 Å². The maximum Gasteiger partial charge on any atom is 0.224 e. The van der Waals surface area contributed by atoms with Crippen LogP contribution in [-0.4, -0.2) is 61.5 Å². The first kappa shape index (κ1) is 17.9. The monoisotopic (exact) mass is 321 g/mol. The van der Waals surface area contributed by atoms with Crippen molar-refractivity contribution < 1.29 is 9.18 Å². The molecule has 0 radical (unpaired) electrons. The van der Waals surface area contributed by atoms with Crippen LogP contribution in [0.2, 0.25) is 0 Å². The van der Waals surface area contributed by atoms with Crippen molar-refractivity contribution in [2.24, 2.45) is 0 Å². The second-order valence-electron chi connectivity index (χ2n) is 6.14. The fourth-order valence-electron chi connectivity index (χ4n) is 2.87. The minimum absolute atomic E-state index is 0.00756. The number of nitrogens with one attached hydrogen (secondary N) is 1. The summed E-state index contributed by atoms with van der Waals surface area (Å²) in [5, 5.41) is 2.94. The molecule has 1 aliphatic heterocycles. The highest BCUT2D eigenvalue weighted by Gasteiger charge is 2.14. The van der Waals surface area contributed by atoms with Crippen LogP contribution in [0, 0.1) is 5.82 Å². The number of carbonyl (C=O) groups is 1. The van der Waals surface area contributed by atoms with Gasteiger partial charge in [0.2, 0.25) is 5.91 Å². The van der Waals surface area contributed by atoms with E-state index in [4.69, 9.17) is 0 Å². The lowest BCUT2D eigenvalue weighted by molar-refractivity contribution is -0.120. The molecule has 1 saturated heterocycles. The second-order valence-corrected chi connectivity index (χ2v) is 6.14. The third kappa shape index (κ3) is 6.67. The number of unbranched alkanes of at least 4 members (excludes halogenated alkanes) is 1. The highest BCUT2D eigenvalue weighted by Crippen LogP contribution is 2.04. The van der Waals surface area contributed by atoms with E-state index < -0.39 is 0 Å². The van der Waals surface area contributed by atoms with E-state index in [0.29, 0.717) is 6.42 Å². The van der Waals surface area contributed by atoms with Gasteiger partial charge in [0.1, 0.15) is 5.82 Å². The largest absolute Gasteiger partial charge is 0.356 e. The topological polar surface area (TPSA) is 35.6 Å². The predicted octanol–water partition coefficient (Wildman–Crippen LogP) is 1.90. The normalized spacial score (nSPS) is 16.4. The SMILES string of the molecule is CCN1CCN(CCCCNC(=O)Cc2ccc(F)cc2)CC1. The molecule has 0 saturated carbocycles. The number of hydrogen-bond acceptors (Lipinski definition) is 3. The predicted molar refractivity (Wildman–Crippen MR) is 90.9 cm³/mol. The Morgan fingerprint density at radius 1 is 1.09 bits per heavy atom. The van der Waals surface area contributed by atoms with Gasteiger partial charge in [-0.15, -0.1) is 0 Å². The smallest absolute Gasteiger partial charge is 0.224 e. The van der Waals surface area contributed by atoms with Crippen LogP contribution in [0.3, 0.4) is 0 Å². The van der Waals surface area contributed by atoms with E-state index in [0.717, 1.165) is 51.1 Å². The highest BCUT2D eigenvalue weighted by atomic mass is 19.1. The zero-order chi connectivity index (χ0) is 16.5. The van der Waals surface area contributed by atoms with Crippen molar-refractivity contribution in [1.29, 1.82) is 0 Å². The average molecular weight is 321 g/mol. The molecule has 1 amide bonds.